The summed E-state index contributed by atoms with van der Waals surface area (Å²) in [6.45, 7) is 4.45. The van der Waals surface area contributed by atoms with Gasteiger partial charge in [-0.05, 0) is 37.8 Å². The van der Waals surface area contributed by atoms with Gasteiger partial charge in [0, 0.05) is 14.9 Å². The molecule has 1 aromatic carbocycles. The molecule has 21 heavy (non-hydrogen) atoms. The lowest BCUT2D eigenvalue weighted by Crippen LogP contribution is -2.40. The second kappa shape index (κ2) is 5.82. The van der Waals surface area contributed by atoms with Crippen molar-refractivity contribution in [3.63, 3.8) is 0 Å². The molecule has 2 atom stereocenters. The maximum atomic E-state index is 6.70. The molecular formula is C17H21BrN2S. The van der Waals surface area contributed by atoms with Gasteiger partial charge < -0.3 is 5.73 Å². The molecule has 1 aliphatic carbocycles. The van der Waals surface area contributed by atoms with Crippen LogP contribution in [-0.2, 0) is 5.54 Å². The van der Waals surface area contributed by atoms with Gasteiger partial charge in [0.15, 0.2) is 0 Å². The molecule has 4 heteroatoms. The number of thiazole rings is 1. The van der Waals surface area contributed by atoms with Crippen molar-refractivity contribution in [1.29, 1.82) is 0 Å². The summed E-state index contributed by atoms with van der Waals surface area (Å²) in [7, 11) is 0. The van der Waals surface area contributed by atoms with E-state index in [0.29, 0.717) is 5.92 Å². The molecular weight excluding hydrogens is 344 g/mol. The minimum atomic E-state index is -0.222. The molecule has 0 aliphatic heterocycles. The fourth-order valence-electron chi connectivity index (χ4n) is 3.27. The molecule has 1 aliphatic rings. The first-order chi connectivity index (χ1) is 9.98. The van der Waals surface area contributed by atoms with Crippen LogP contribution in [0.2, 0.25) is 0 Å². The molecule has 112 valence electrons. The molecule has 2 unspecified atom stereocenters. The van der Waals surface area contributed by atoms with Crippen molar-refractivity contribution in [2.24, 2.45) is 11.7 Å². The van der Waals surface area contributed by atoms with Gasteiger partial charge in [-0.3, -0.25) is 0 Å². The second-order valence-corrected chi connectivity index (χ2v) is 8.41. The second-order valence-electron chi connectivity index (χ2n) is 6.29. The molecule has 1 heterocycles. The van der Waals surface area contributed by atoms with Gasteiger partial charge in [0.2, 0.25) is 0 Å². The first kappa shape index (κ1) is 15.2. The van der Waals surface area contributed by atoms with Crippen molar-refractivity contribution < 1.29 is 0 Å². The summed E-state index contributed by atoms with van der Waals surface area (Å²) in [5, 5.41) is 1.12. The van der Waals surface area contributed by atoms with E-state index < -0.39 is 0 Å². The summed E-state index contributed by atoms with van der Waals surface area (Å²) in [6.07, 6.45) is 4.62. The van der Waals surface area contributed by atoms with Crippen LogP contribution in [0.15, 0.2) is 28.7 Å². The van der Waals surface area contributed by atoms with E-state index in [9.17, 15) is 0 Å². The van der Waals surface area contributed by atoms with Gasteiger partial charge in [-0.1, -0.05) is 47.8 Å². The number of halogens is 1. The van der Waals surface area contributed by atoms with Crippen LogP contribution in [0, 0.1) is 12.8 Å². The standard InChI is InChI=1S/C17H21BrN2S/c1-11-4-3-9-17(19,10-11)16-20-15(12(2)21-16)13-5-7-14(18)8-6-13/h5-8,11H,3-4,9-10,19H2,1-2H3. The summed E-state index contributed by atoms with van der Waals surface area (Å²) >= 11 is 5.25. The highest BCUT2D eigenvalue weighted by atomic mass is 79.9. The Labute approximate surface area is 138 Å². The zero-order chi connectivity index (χ0) is 15.0. The monoisotopic (exact) mass is 364 g/mol. The summed E-state index contributed by atoms with van der Waals surface area (Å²) < 4.78 is 1.09. The Morgan fingerprint density at radius 2 is 2.05 bits per heavy atom. The first-order valence-corrected chi connectivity index (χ1v) is 9.11. The Morgan fingerprint density at radius 1 is 1.33 bits per heavy atom. The number of aromatic nitrogens is 1. The van der Waals surface area contributed by atoms with Gasteiger partial charge in [0.1, 0.15) is 5.01 Å². The lowest BCUT2D eigenvalue weighted by molar-refractivity contribution is 0.238. The third-order valence-corrected chi connectivity index (χ3v) is 6.09. The largest absolute Gasteiger partial charge is 0.319 e. The Hall–Kier alpha value is -0.710. The van der Waals surface area contributed by atoms with E-state index in [4.69, 9.17) is 10.7 Å². The van der Waals surface area contributed by atoms with E-state index in [1.165, 1.54) is 23.3 Å². The Bertz CT molecular complexity index is 635. The number of nitrogens with two attached hydrogens (primary N) is 1. The molecule has 2 nitrogen and oxygen atoms in total. The third kappa shape index (κ3) is 3.08. The molecule has 2 N–H and O–H groups in total. The quantitative estimate of drug-likeness (QED) is 0.790. The molecule has 1 fully saturated rings. The molecule has 0 bridgehead atoms. The Morgan fingerprint density at radius 3 is 2.71 bits per heavy atom. The molecule has 0 saturated heterocycles. The number of hydrogen-bond acceptors (Lipinski definition) is 3. The van der Waals surface area contributed by atoms with Crippen LogP contribution in [0.4, 0.5) is 0 Å². The third-order valence-electron chi connectivity index (χ3n) is 4.37. The van der Waals surface area contributed by atoms with Crippen LogP contribution in [0.1, 0.15) is 42.5 Å². The zero-order valence-corrected chi connectivity index (χ0v) is 14.9. The average Bonchev–Trinajstić information content (AvgIpc) is 2.82. The summed E-state index contributed by atoms with van der Waals surface area (Å²) in [5.74, 6) is 0.698. The van der Waals surface area contributed by atoms with Gasteiger partial charge in [0.25, 0.3) is 0 Å². The molecule has 1 saturated carbocycles. The highest BCUT2D eigenvalue weighted by Crippen LogP contribution is 2.41. The summed E-state index contributed by atoms with van der Waals surface area (Å²) in [6, 6.07) is 8.36. The molecule has 1 aromatic heterocycles. The predicted molar refractivity (Wildman–Crippen MR) is 93.5 cm³/mol. The van der Waals surface area contributed by atoms with Crippen molar-refractivity contribution in [2.45, 2.75) is 45.1 Å². The van der Waals surface area contributed by atoms with Crippen LogP contribution in [0.3, 0.4) is 0 Å². The van der Waals surface area contributed by atoms with Crippen molar-refractivity contribution in [1.82, 2.24) is 4.98 Å². The smallest absolute Gasteiger partial charge is 0.113 e. The van der Waals surface area contributed by atoms with Crippen LogP contribution in [-0.4, -0.2) is 4.98 Å². The van der Waals surface area contributed by atoms with Crippen molar-refractivity contribution in [2.75, 3.05) is 0 Å². The van der Waals surface area contributed by atoms with Crippen LogP contribution >= 0.6 is 27.3 Å². The average molecular weight is 365 g/mol. The first-order valence-electron chi connectivity index (χ1n) is 7.51. The van der Waals surface area contributed by atoms with Crippen LogP contribution < -0.4 is 5.73 Å². The molecule has 2 aromatic rings. The van der Waals surface area contributed by atoms with Crippen molar-refractivity contribution in [3.05, 3.63) is 38.6 Å². The number of hydrogen-bond donors (Lipinski definition) is 1. The summed E-state index contributed by atoms with van der Waals surface area (Å²) in [5.41, 5.74) is 8.73. The van der Waals surface area contributed by atoms with E-state index in [1.807, 2.05) is 0 Å². The highest BCUT2D eigenvalue weighted by molar-refractivity contribution is 9.10. The van der Waals surface area contributed by atoms with Gasteiger partial charge in [0.05, 0.1) is 11.2 Å². The van der Waals surface area contributed by atoms with Crippen LogP contribution in [0.25, 0.3) is 11.3 Å². The van der Waals surface area contributed by atoms with E-state index >= 15 is 0 Å². The van der Waals surface area contributed by atoms with Gasteiger partial charge in [-0.2, -0.15) is 0 Å². The predicted octanol–water partition coefficient (Wildman–Crippen LogP) is 5.25. The van der Waals surface area contributed by atoms with Crippen molar-refractivity contribution >= 4 is 27.3 Å². The zero-order valence-electron chi connectivity index (χ0n) is 12.5. The normalized spacial score (nSPS) is 26.0. The minimum Gasteiger partial charge on any atom is -0.319 e. The lowest BCUT2D eigenvalue weighted by atomic mass is 9.77. The molecule has 0 amide bonds. The van der Waals surface area contributed by atoms with E-state index in [-0.39, 0.29) is 5.54 Å². The number of aryl methyl sites for hydroxylation is 1. The maximum Gasteiger partial charge on any atom is 0.113 e. The van der Waals surface area contributed by atoms with Gasteiger partial charge in [-0.15, -0.1) is 11.3 Å². The van der Waals surface area contributed by atoms with E-state index in [1.54, 1.807) is 11.3 Å². The molecule has 0 spiro atoms. The Kier molecular flexibility index (Phi) is 4.21. The summed E-state index contributed by atoms with van der Waals surface area (Å²) in [4.78, 5) is 6.18. The number of rotatable bonds is 2. The SMILES string of the molecule is Cc1sc(C2(N)CCCC(C)C2)nc1-c1ccc(Br)cc1. The fourth-order valence-corrected chi connectivity index (χ4v) is 4.61. The topological polar surface area (TPSA) is 38.9 Å². The van der Waals surface area contributed by atoms with Crippen LogP contribution in [0.5, 0.6) is 0 Å². The number of benzene rings is 1. The van der Waals surface area contributed by atoms with Gasteiger partial charge >= 0.3 is 0 Å². The highest BCUT2D eigenvalue weighted by Gasteiger charge is 2.35. The number of nitrogens with zero attached hydrogens (tertiary/aromatic N) is 1. The van der Waals surface area contributed by atoms with E-state index in [2.05, 4.69) is 54.0 Å². The van der Waals surface area contributed by atoms with Crippen molar-refractivity contribution in [3.8, 4) is 11.3 Å². The Balaban J connectivity index is 1.95. The molecule has 3 rings (SSSR count). The van der Waals surface area contributed by atoms with E-state index in [0.717, 1.165) is 28.0 Å². The fraction of sp³-hybridized carbons (Fsp3) is 0.471. The van der Waals surface area contributed by atoms with Gasteiger partial charge in [-0.25, -0.2) is 4.98 Å². The molecule has 0 radical (unpaired) electrons. The lowest BCUT2D eigenvalue weighted by Gasteiger charge is -2.35. The maximum absolute atomic E-state index is 6.70. The minimum absolute atomic E-state index is 0.222.